The first kappa shape index (κ1) is 19.7. The Labute approximate surface area is 169 Å². The molecule has 0 saturated carbocycles. The van der Waals surface area contributed by atoms with Crippen molar-refractivity contribution in [2.45, 2.75) is 19.6 Å². The van der Waals surface area contributed by atoms with E-state index < -0.39 is 0 Å². The number of halogens is 1. The van der Waals surface area contributed by atoms with E-state index in [1.807, 2.05) is 54.1 Å². The van der Waals surface area contributed by atoms with E-state index in [2.05, 4.69) is 25.6 Å². The largest absolute Gasteiger partial charge is 0.489 e. The fourth-order valence-corrected chi connectivity index (χ4v) is 2.67. The molecule has 7 nitrogen and oxygen atoms in total. The molecule has 0 bridgehead atoms. The van der Waals surface area contributed by atoms with Crippen LogP contribution in [0.15, 0.2) is 66.3 Å². The van der Waals surface area contributed by atoms with Crippen LogP contribution in [0, 0.1) is 0 Å². The van der Waals surface area contributed by atoms with Crippen molar-refractivity contribution < 1.29 is 4.74 Å². The summed E-state index contributed by atoms with van der Waals surface area (Å²) in [7, 11) is 1.74. The van der Waals surface area contributed by atoms with E-state index in [-0.39, 0.29) is 6.10 Å². The second-order valence-corrected chi connectivity index (χ2v) is 6.62. The van der Waals surface area contributed by atoms with Crippen molar-refractivity contribution in [3.63, 3.8) is 0 Å². The van der Waals surface area contributed by atoms with Crippen molar-refractivity contribution in [1.82, 2.24) is 25.2 Å². The van der Waals surface area contributed by atoms with Crippen molar-refractivity contribution >= 4 is 17.6 Å². The smallest absolute Gasteiger partial charge is 0.191 e. The molecule has 0 aliphatic carbocycles. The Morgan fingerprint density at radius 2 is 2.04 bits per heavy atom. The highest BCUT2D eigenvalue weighted by Crippen LogP contribution is 2.16. The van der Waals surface area contributed by atoms with Crippen LogP contribution in [-0.4, -0.2) is 40.2 Å². The molecule has 0 radical (unpaired) electrons. The second-order valence-electron chi connectivity index (χ2n) is 6.18. The van der Waals surface area contributed by atoms with Crippen molar-refractivity contribution in [2.75, 3.05) is 13.6 Å². The van der Waals surface area contributed by atoms with Crippen molar-refractivity contribution in [3.05, 3.63) is 71.9 Å². The maximum absolute atomic E-state index is 5.89. The molecule has 0 fully saturated rings. The third-order valence-corrected chi connectivity index (χ3v) is 4.22. The molecule has 0 aliphatic heterocycles. The van der Waals surface area contributed by atoms with Gasteiger partial charge in [0.2, 0.25) is 0 Å². The monoisotopic (exact) mass is 398 g/mol. The number of imidazole rings is 1. The van der Waals surface area contributed by atoms with E-state index in [4.69, 9.17) is 16.3 Å². The molecule has 3 aromatic rings. The minimum atomic E-state index is -0.0338. The zero-order chi connectivity index (χ0) is 19.8. The molecular weight excluding hydrogens is 376 g/mol. The first-order valence-electron chi connectivity index (χ1n) is 8.94. The lowest BCUT2D eigenvalue weighted by atomic mass is 10.2. The summed E-state index contributed by atoms with van der Waals surface area (Å²) in [5.41, 5.74) is 1.09. The first-order chi connectivity index (χ1) is 13.6. The molecule has 1 unspecified atom stereocenters. The summed E-state index contributed by atoms with van der Waals surface area (Å²) in [6, 6.07) is 11.3. The Kier molecular flexibility index (Phi) is 6.86. The Balaban J connectivity index is 1.48. The minimum absolute atomic E-state index is 0.0338. The minimum Gasteiger partial charge on any atom is -0.489 e. The number of guanidine groups is 1. The van der Waals surface area contributed by atoms with Gasteiger partial charge in [-0.1, -0.05) is 11.6 Å². The van der Waals surface area contributed by atoms with Gasteiger partial charge in [0.25, 0.3) is 0 Å². The van der Waals surface area contributed by atoms with Crippen molar-refractivity contribution in [1.29, 1.82) is 0 Å². The van der Waals surface area contributed by atoms with E-state index in [0.717, 1.165) is 17.1 Å². The van der Waals surface area contributed by atoms with Gasteiger partial charge in [0.15, 0.2) is 5.96 Å². The molecule has 1 atom stereocenters. The van der Waals surface area contributed by atoms with Gasteiger partial charge in [-0.15, -0.1) is 0 Å². The molecular formula is C20H23ClN6O. The molecule has 2 N–H and O–H groups in total. The molecule has 0 saturated heterocycles. The van der Waals surface area contributed by atoms with Gasteiger partial charge in [-0.2, -0.15) is 0 Å². The predicted molar refractivity (Wildman–Crippen MR) is 111 cm³/mol. The fourth-order valence-electron chi connectivity index (χ4n) is 2.54. The van der Waals surface area contributed by atoms with E-state index in [9.17, 15) is 0 Å². The molecule has 0 spiro atoms. The number of hydrogen-bond donors (Lipinski definition) is 2. The van der Waals surface area contributed by atoms with Crippen LogP contribution in [0.5, 0.6) is 5.75 Å². The predicted octanol–water partition coefficient (Wildman–Crippen LogP) is 3.05. The number of nitrogens with one attached hydrogen (secondary N) is 2. The Morgan fingerprint density at radius 1 is 1.21 bits per heavy atom. The Hall–Kier alpha value is -3.06. The van der Waals surface area contributed by atoms with Gasteiger partial charge in [-0.25, -0.2) is 9.97 Å². The summed E-state index contributed by atoms with van der Waals surface area (Å²) >= 11 is 5.89. The fraction of sp³-hybridized carbons (Fsp3) is 0.250. The molecule has 1 aromatic carbocycles. The number of pyridine rings is 1. The molecule has 28 heavy (non-hydrogen) atoms. The highest BCUT2D eigenvalue weighted by molar-refractivity contribution is 6.30. The topological polar surface area (TPSA) is 76.4 Å². The second kappa shape index (κ2) is 9.75. The van der Waals surface area contributed by atoms with Gasteiger partial charge in [-0.05, 0) is 48.9 Å². The van der Waals surface area contributed by atoms with E-state index >= 15 is 0 Å². The van der Waals surface area contributed by atoms with Gasteiger partial charge in [0.05, 0.1) is 6.54 Å². The molecule has 146 valence electrons. The molecule has 2 aromatic heterocycles. The van der Waals surface area contributed by atoms with Crippen LogP contribution in [0.25, 0.3) is 5.82 Å². The lowest BCUT2D eigenvalue weighted by Crippen LogP contribution is -2.41. The summed E-state index contributed by atoms with van der Waals surface area (Å²) in [6.07, 6.45) is 7.06. The summed E-state index contributed by atoms with van der Waals surface area (Å²) in [6.45, 7) is 3.23. The molecule has 3 rings (SSSR count). The van der Waals surface area contributed by atoms with Crippen LogP contribution in [0.1, 0.15) is 12.5 Å². The Bertz CT molecular complexity index is 895. The normalized spacial score (nSPS) is 12.5. The standard InChI is InChI=1S/C20H23ClN6O/c1-15(28-18-5-3-17(21)4-6-18)12-25-20(22-2)26-13-16-7-8-24-19(11-16)27-10-9-23-14-27/h3-11,14-15H,12-13H2,1-2H3,(H2,22,25,26). The summed E-state index contributed by atoms with van der Waals surface area (Å²) in [4.78, 5) is 12.7. The van der Waals surface area contributed by atoms with Crippen LogP contribution < -0.4 is 15.4 Å². The third kappa shape index (κ3) is 5.72. The third-order valence-electron chi connectivity index (χ3n) is 3.97. The highest BCUT2D eigenvalue weighted by atomic mass is 35.5. The molecule has 2 heterocycles. The number of aliphatic imine (C=N–C) groups is 1. The SMILES string of the molecule is CN=C(NCc1ccnc(-n2ccnc2)c1)NCC(C)Oc1ccc(Cl)cc1. The van der Waals surface area contributed by atoms with Crippen LogP contribution in [0.2, 0.25) is 5.02 Å². The number of hydrogen-bond acceptors (Lipinski definition) is 4. The van der Waals surface area contributed by atoms with Crippen LogP contribution in [0.3, 0.4) is 0 Å². The van der Waals surface area contributed by atoms with Crippen molar-refractivity contribution in [3.8, 4) is 11.6 Å². The van der Waals surface area contributed by atoms with Gasteiger partial charge in [-0.3, -0.25) is 9.56 Å². The van der Waals surface area contributed by atoms with E-state index in [1.165, 1.54) is 0 Å². The summed E-state index contributed by atoms with van der Waals surface area (Å²) in [5.74, 6) is 2.31. The quantitative estimate of drug-likeness (QED) is 0.472. The first-order valence-corrected chi connectivity index (χ1v) is 9.32. The molecule has 0 amide bonds. The Morgan fingerprint density at radius 3 is 2.75 bits per heavy atom. The van der Waals surface area contributed by atoms with Crippen LogP contribution in [-0.2, 0) is 6.54 Å². The highest BCUT2D eigenvalue weighted by Gasteiger charge is 2.06. The maximum Gasteiger partial charge on any atom is 0.191 e. The number of ether oxygens (including phenoxy) is 1. The van der Waals surface area contributed by atoms with Gasteiger partial charge in [0, 0.05) is 37.2 Å². The molecule has 8 heteroatoms. The maximum atomic E-state index is 5.89. The summed E-state index contributed by atoms with van der Waals surface area (Å²) in [5, 5.41) is 7.26. The lowest BCUT2D eigenvalue weighted by molar-refractivity contribution is 0.224. The number of benzene rings is 1. The summed E-state index contributed by atoms with van der Waals surface area (Å²) < 4.78 is 7.73. The number of rotatable bonds is 7. The van der Waals surface area contributed by atoms with Gasteiger partial charge >= 0.3 is 0 Å². The number of nitrogens with zero attached hydrogens (tertiary/aromatic N) is 4. The zero-order valence-corrected chi connectivity index (χ0v) is 16.6. The van der Waals surface area contributed by atoms with Crippen molar-refractivity contribution in [2.24, 2.45) is 4.99 Å². The average Bonchev–Trinajstić information content (AvgIpc) is 3.25. The van der Waals surface area contributed by atoms with E-state index in [1.54, 1.807) is 25.8 Å². The van der Waals surface area contributed by atoms with E-state index in [0.29, 0.717) is 24.1 Å². The molecule has 0 aliphatic rings. The van der Waals surface area contributed by atoms with Crippen LogP contribution in [0.4, 0.5) is 0 Å². The lowest BCUT2D eigenvalue weighted by Gasteiger charge is -2.18. The van der Waals surface area contributed by atoms with Gasteiger partial charge in [0.1, 0.15) is 24.0 Å². The zero-order valence-electron chi connectivity index (χ0n) is 15.8. The average molecular weight is 399 g/mol. The van der Waals surface area contributed by atoms with Crippen LogP contribution >= 0.6 is 11.6 Å². The van der Waals surface area contributed by atoms with Gasteiger partial charge < -0.3 is 15.4 Å². The number of aromatic nitrogens is 3.